The van der Waals surface area contributed by atoms with Gasteiger partial charge in [0.2, 0.25) is 5.82 Å². The van der Waals surface area contributed by atoms with Crippen LogP contribution in [0, 0.1) is 17.5 Å². The third-order valence-electron chi connectivity index (χ3n) is 5.27. The SMILES string of the molecule is CCCCCCCCCCCCCCCCOC(=O)c1cc(F)c(F)c(OC)c1F. The average molecular weight is 431 g/mol. The monoisotopic (exact) mass is 430 g/mol. The van der Waals surface area contributed by atoms with Gasteiger partial charge in [-0.2, -0.15) is 4.39 Å². The molecule has 0 aromatic heterocycles. The quantitative estimate of drug-likeness (QED) is 0.144. The number of halogens is 3. The average Bonchev–Trinajstić information content (AvgIpc) is 2.73. The molecule has 0 unspecified atom stereocenters. The summed E-state index contributed by atoms with van der Waals surface area (Å²) in [7, 11) is 1.00. The highest BCUT2D eigenvalue weighted by molar-refractivity contribution is 5.90. The highest BCUT2D eigenvalue weighted by atomic mass is 19.2. The van der Waals surface area contributed by atoms with Crippen molar-refractivity contribution < 1.29 is 27.4 Å². The molecule has 0 aliphatic rings. The molecule has 0 saturated heterocycles. The summed E-state index contributed by atoms with van der Waals surface area (Å²) in [5.74, 6) is -5.99. The first-order valence-corrected chi connectivity index (χ1v) is 11.4. The molecule has 0 radical (unpaired) electrons. The third-order valence-corrected chi connectivity index (χ3v) is 5.27. The molecule has 0 saturated carbocycles. The van der Waals surface area contributed by atoms with E-state index in [-0.39, 0.29) is 6.61 Å². The lowest BCUT2D eigenvalue weighted by Crippen LogP contribution is -2.11. The second-order valence-electron chi connectivity index (χ2n) is 7.80. The Bertz CT molecular complexity index is 620. The first-order chi connectivity index (χ1) is 14.5. The van der Waals surface area contributed by atoms with Crippen molar-refractivity contribution in [2.75, 3.05) is 13.7 Å². The van der Waals surface area contributed by atoms with E-state index in [1.807, 2.05) is 0 Å². The molecular weight excluding hydrogens is 393 g/mol. The van der Waals surface area contributed by atoms with Crippen LogP contribution in [-0.2, 0) is 4.74 Å². The zero-order valence-electron chi connectivity index (χ0n) is 18.5. The Labute approximate surface area is 179 Å². The van der Waals surface area contributed by atoms with Gasteiger partial charge >= 0.3 is 5.97 Å². The minimum atomic E-state index is -1.46. The lowest BCUT2D eigenvalue weighted by molar-refractivity contribution is 0.0490. The van der Waals surface area contributed by atoms with E-state index in [2.05, 4.69) is 11.7 Å². The molecule has 0 aliphatic heterocycles. The number of methoxy groups -OCH3 is 1. The highest BCUT2D eigenvalue weighted by Crippen LogP contribution is 2.27. The number of hydrogen-bond donors (Lipinski definition) is 0. The van der Waals surface area contributed by atoms with Crippen LogP contribution in [0.4, 0.5) is 13.2 Å². The van der Waals surface area contributed by atoms with E-state index >= 15 is 0 Å². The lowest BCUT2D eigenvalue weighted by Gasteiger charge is -2.09. The molecule has 0 spiro atoms. The van der Waals surface area contributed by atoms with Gasteiger partial charge in [0.05, 0.1) is 13.7 Å². The molecule has 0 bridgehead atoms. The summed E-state index contributed by atoms with van der Waals surface area (Å²) in [4.78, 5) is 11.9. The van der Waals surface area contributed by atoms with E-state index in [1.165, 1.54) is 64.2 Å². The molecule has 30 heavy (non-hydrogen) atoms. The molecule has 0 heterocycles. The molecule has 1 aromatic rings. The number of benzene rings is 1. The van der Waals surface area contributed by atoms with E-state index in [4.69, 9.17) is 4.74 Å². The summed E-state index contributed by atoms with van der Waals surface area (Å²) in [5.41, 5.74) is -0.656. The van der Waals surface area contributed by atoms with E-state index < -0.39 is 34.7 Å². The van der Waals surface area contributed by atoms with Crippen LogP contribution in [0.2, 0.25) is 0 Å². The highest BCUT2D eigenvalue weighted by Gasteiger charge is 2.24. The number of hydrogen-bond acceptors (Lipinski definition) is 3. The van der Waals surface area contributed by atoms with Crippen molar-refractivity contribution in [3.63, 3.8) is 0 Å². The van der Waals surface area contributed by atoms with Crippen molar-refractivity contribution in [3.05, 3.63) is 29.1 Å². The van der Waals surface area contributed by atoms with E-state index in [9.17, 15) is 18.0 Å². The van der Waals surface area contributed by atoms with Gasteiger partial charge in [-0.05, 0) is 12.5 Å². The first kappa shape index (κ1) is 26.3. The Morgan fingerprint density at radius 1 is 0.767 bits per heavy atom. The predicted molar refractivity (Wildman–Crippen MR) is 113 cm³/mol. The maximum absolute atomic E-state index is 14.0. The van der Waals surface area contributed by atoms with Crippen molar-refractivity contribution in [2.45, 2.75) is 96.8 Å². The Morgan fingerprint density at radius 2 is 1.23 bits per heavy atom. The number of esters is 1. The number of rotatable bonds is 17. The van der Waals surface area contributed by atoms with Crippen LogP contribution < -0.4 is 4.74 Å². The smallest absolute Gasteiger partial charge is 0.341 e. The third kappa shape index (κ3) is 9.86. The van der Waals surface area contributed by atoms with Crippen molar-refractivity contribution in [1.29, 1.82) is 0 Å². The van der Waals surface area contributed by atoms with Crippen molar-refractivity contribution >= 4 is 5.97 Å². The van der Waals surface area contributed by atoms with Crippen LogP contribution in [0.5, 0.6) is 5.75 Å². The zero-order chi connectivity index (χ0) is 22.2. The van der Waals surface area contributed by atoms with E-state index in [0.717, 1.165) is 26.4 Å². The van der Waals surface area contributed by atoms with Crippen LogP contribution in [0.1, 0.15) is 107 Å². The zero-order valence-corrected chi connectivity index (χ0v) is 18.5. The summed E-state index contributed by atoms with van der Waals surface area (Å²) in [5, 5.41) is 0. The van der Waals surface area contributed by atoms with Gasteiger partial charge in [-0.1, -0.05) is 90.4 Å². The van der Waals surface area contributed by atoms with Gasteiger partial charge in [0.15, 0.2) is 17.4 Å². The van der Waals surface area contributed by atoms with Gasteiger partial charge < -0.3 is 9.47 Å². The molecule has 0 fully saturated rings. The fraction of sp³-hybridized carbons (Fsp3) is 0.708. The van der Waals surface area contributed by atoms with Gasteiger partial charge in [-0.25, -0.2) is 13.6 Å². The van der Waals surface area contributed by atoms with E-state index in [0.29, 0.717) is 12.5 Å². The normalized spacial score (nSPS) is 11.0. The molecule has 6 heteroatoms. The van der Waals surface area contributed by atoms with Gasteiger partial charge in [0.1, 0.15) is 5.56 Å². The summed E-state index contributed by atoms with van der Waals surface area (Å²) in [6.45, 7) is 2.36. The second-order valence-corrected chi connectivity index (χ2v) is 7.80. The Hall–Kier alpha value is -1.72. The lowest BCUT2D eigenvalue weighted by atomic mass is 10.0. The standard InChI is InChI=1S/C24H37F3O3/c1-3-4-5-6-7-8-9-10-11-12-13-14-15-16-17-30-24(28)19-18-20(25)22(27)23(29-2)21(19)26/h18H,3-17H2,1-2H3. The maximum atomic E-state index is 14.0. The molecule has 172 valence electrons. The topological polar surface area (TPSA) is 35.5 Å². The summed E-state index contributed by atoms with van der Waals surface area (Å²) in [6.07, 6.45) is 17.0. The van der Waals surface area contributed by atoms with Crippen molar-refractivity contribution in [2.24, 2.45) is 0 Å². The molecule has 0 aliphatic carbocycles. The van der Waals surface area contributed by atoms with Gasteiger partial charge in [0, 0.05) is 0 Å². The van der Waals surface area contributed by atoms with Gasteiger partial charge in [-0.15, -0.1) is 0 Å². The molecule has 3 nitrogen and oxygen atoms in total. The first-order valence-electron chi connectivity index (χ1n) is 11.4. The molecular formula is C24H37F3O3. The van der Waals surface area contributed by atoms with Gasteiger partial charge in [0.25, 0.3) is 0 Å². The minimum absolute atomic E-state index is 0.123. The fourth-order valence-corrected chi connectivity index (χ4v) is 3.45. The number of ether oxygens (including phenoxy) is 2. The second kappa shape index (κ2) is 16.0. The summed E-state index contributed by atoms with van der Waals surface area (Å²) < 4.78 is 50.4. The minimum Gasteiger partial charge on any atom is -0.491 e. The maximum Gasteiger partial charge on any atom is 0.341 e. The summed E-state index contributed by atoms with van der Waals surface area (Å²) in [6, 6.07) is 0.501. The number of carbonyl (C=O) groups is 1. The molecule has 0 N–H and O–H groups in total. The molecule has 1 aromatic carbocycles. The van der Waals surface area contributed by atoms with Crippen LogP contribution in [0.25, 0.3) is 0 Å². The van der Waals surface area contributed by atoms with Crippen LogP contribution in [-0.4, -0.2) is 19.7 Å². The number of unbranched alkanes of at least 4 members (excludes halogenated alkanes) is 13. The number of carbonyl (C=O) groups excluding carboxylic acids is 1. The molecule has 0 amide bonds. The summed E-state index contributed by atoms with van der Waals surface area (Å²) >= 11 is 0. The van der Waals surface area contributed by atoms with E-state index in [1.54, 1.807) is 0 Å². The molecule has 1 rings (SSSR count). The largest absolute Gasteiger partial charge is 0.491 e. The van der Waals surface area contributed by atoms with Crippen molar-refractivity contribution in [3.8, 4) is 5.75 Å². The van der Waals surface area contributed by atoms with Crippen LogP contribution >= 0.6 is 0 Å². The predicted octanol–water partition coefficient (Wildman–Crippen LogP) is 7.75. The fourth-order valence-electron chi connectivity index (χ4n) is 3.45. The van der Waals surface area contributed by atoms with Crippen LogP contribution in [0.3, 0.4) is 0 Å². The Morgan fingerprint density at radius 3 is 1.70 bits per heavy atom. The van der Waals surface area contributed by atoms with Crippen LogP contribution in [0.15, 0.2) is 6.07 Å². The Balaban J connectivity index is 2.06. The van der Waals surface area contributed by atoms with Crippen molar-refractivity contribution in [1.82, 2.24) is 0 Å². The molecule has 0 atom stereocenters. The van der Waals surface area contributed by atoms with Gasteiger partial charge in [-0.3, -0.25) is 0 Å². The Kier molecular flexibility index (Phi) is 14.1.